The number of aryl methyl sites for hydroxylation is 1. The zero-order valence-corrected chi connectivity index (χ0v) is 14.7. The Labute approximate surface area is 144 Å². The van der Waals surface area contributed by atoms with Gasteiger partial charge in [0.25, 0.3) is 0 Å². The summed E-state index contributed by atoms with van der Waals surface area (Å²) < 4.78 is 44.2. The highest BCUT2D eigenvalue weighted by Crippen LogP contribution is 2.42. The Morgan fingerprint density at radius 3 is 2.35 bits per heavy atom. The standard InChI is InChI=1S/C15H19ClF3NO2.ClH/c1-4-22-12(21)6-5-9-7-10(8-11(16)13(9)20)14(2,3)15(17,18)19;/h7-8H,4-6,20H2,1-3H3;1H. The van der Waals surface area contributed by atoms with Crippen LogP contribution in [0.4, 0.5) is 18.9 Å². The van der Waals surface area contributed by atoms with Crippen LogP contribution in [0.15, 0.2) is 12.1 Å². The quantitative estimate of drug-likeness (QED) is 0.602. The smallest absolute Gasteiger partial charge is 0.397 e. The van der Waals surface area contributed by atoms with E-state index in [1.54, 1.807) is 6.92 Å². The van der Waals surface area contributed by atoms with Crippen LogP contribution >= 0.6 is 24.0 Å². The number of ether oxygens (including phenoxy) is 1. The molecule has 0 amide bonds. The van der Waals surface area contributed by atoms with Gasteiger partial charge in [-0.05, 0) is 44.4 Å². The summed E-state index contributed by atoms with van der Waals surface area (Å²) in [5.41, 5.74) is 4.34. The Kier molecular flexibility index (Phi) is 7.70. The number of esters is 1. The van der Waals surface area contributed by atoms with Gasteiger partial charge in [0.15, 0.2) is 0 Å². The molecule has 8 heteroatoms. The minimum Gasteiger partial charge on any atom is -0.466 e. The van der Waals surface area contributed by atoms with Crippen molar-refractivity contribution >= 4 is 35.7 Å². The number of anilines is 1. The molecule has 0 atom stereocenters. The molecule has 1 aromatic carbocycles. The van der Waals surface area contributed by atoms with Crippen molar-refractivity contribution in [1.29, 1.82) is 0 Å². The largest absolute Gasteiger partial charge is 0.466 e. The number of alkyl halides is 3. The Morgan fingerprint density at radius 1 is 1.30 bits per heavy atom. The number of benzene rings is 1. The number of nitrogen functional groups attached to an aromatic ring is 1. The molecule has 1 rings (SSSR count). The number of nitrogens with two attached hydrogens (primary N) is 1. The van der Waals surface area contributed by atoms with Crippen molar-refractivity contribution in [2.75, 3.05) is 12.3 Å². The second-order valence-electron chi connectivity index (χ2n) is 5.46. The first kappa shape index (κ1) is 21.9. The molecule has 2 N–H and O–H groups in total. The van der Waals surface area contributed by atoms with Crippen LogP contribution in [0.3, 0.4) is 0 Å². The molecule has 0 bridgehead atoms. The molecule has 0 radical (unpaired) electrons. The van der Waals surface area contributed by atoms with Crippen molar-refractivity contribution in [2.24, 2.45) is 0 Å². The van der Waals surface area contributed by atoms with E-state index in [0.717, 1.165) is 13.8 Å². The molecule has 0 unspecified atom stereocenters. The van der Waals surface area contributed by atoms with Gasteiger partial charge in [0, 0.05) is 6.42 Å². The lowest BCUT2D eigenvalue weighted by atomic mass is 9.82. The van der Waals surface area contributed by atoms with Gasteiger partial charge in [-0.15, -0.1) is 12.4 Å². The molecule has 0 fully saturated rings. The molecule has 0 saturated heterocycles. The van der Waals surface area contributed by atoms with Gasteiger partial charge in [0.2, 0.25) is 0 Å². The number of hydrogen-bond acceptors (Lipinski definition) is 3. The first-order chi connectivity index (χ1) is 10.0. The fraction of sp³-hybridized carbons (Fsp3) is 0.533. The number of hydrogen-bond donors (Lipinski definition) is 1. The van der Waals surface area contributed by atoms with Crippen molar-refractivity contribution in [3.63, 3.8) is 0 Å². The molecule has 0 aliphatic carbocycles. The van der Waals surface area contributed by atoms with E-state index in [4.69, 9.17) is 22.1 Å². The van der Waals surface area contributed by atoms with Gasteiger partial charge in [-0.3, -0.25) is 4.79 Å². The van der Waals surface area contributed by atoms with Gasteiger partial charge in [-0.2, -0.15) is 13.2 Å². The second kappa shape index (κ2) is 8.11. The maximum atomic E-state index is 13.1. The van der Waals surface area contributed by atoms with Gasteiger partial charge in [0.1, 0.15) is 0 Å². The summed E-state index contributed by atoms with van der Waals surface area (Å²) in [7, 11) is 0. The summed E-state index contributed by atoms with van der Waals surface area (Å²) in [5.74, 6) is -0.432. The maximum Gasteiger partial charge on any atom is 0.397 e. The maximum absolute atomic E-state index is 13.1. The van der Waals surface area contributed by atoms with Crippen molar-refractivity contribution in [3.05, 3.63) is 28.3 Å². The molecule has 0 spiro atoms. The van der Waals surface area contributed by atoms with Crippen molar-refractivity contribution in [2.45, 2.75) is 45.2 Å². The third-order valence-corrected chi connectivity index (χ3v) is 3.86. The van der Waals surface area contributed by atoms with Crippen LogP contribution in [0.25, 0.3) is 0 Å². The summed E-state index contributed by atoms with van der Waals surface area (Å²) in [4.78, 5) is 11.4. The average Bonchev–Trinajstić information content (AvgIpc) is 2.39. The van der Waals surface area contributed by atoms with Gasteiger partial charge >= 0.3 is 12.1 Å². The fourth-order valence-electron chi connectivity index (χ4n) is 1.88. The molecule has 0 heterocycles. The third-order valence-electron chi connectivity index (χ3n) is 3.55. The molecule has 3 nitrogen and oxygen atoms in total. The zero-order valence-electron chi connectivity index (χ0n) is 13.1. The lowest BCUT2D eigenvalue weighted by Gasteiger charge is -2.29. The average molecular weight is 374 g/mol. The Bertz CT molecular complexity index is 560. The molecule has 23 heavy (non-hydrogen) atoms. The Balaban J connectivity index is 0.00000484. The number of carbonyl (C=O) groups excluding carboxylic acids is 1. The van der Waals surface area contributed by atoms with Crippen molar-refractivity contribution in [1.82, 2.24) is 0 Å². The first-order valence-electron chi connectivity index (χ1n) is 6.81. The van der Waals surface area contributed by atoms with E-state index in [2.05, 4.69) is 0 Å². The van der Waals surface area contributed by atoms with Crippen LogP contribution in [0.2, 0.25) is 5.02 Å². The molecule has 0 aromatic heterocycles. The van der Waals surface area contributed by atoms with Crippen LogP contribution < -0.4 is 5.73 Å². The van der Waals surface area contributed by atoms with E-state index in [0.29, 0.717) is 5.56 Å². The molecular weight excluding hydrogens is 354 g/mol. The van der Waals surface area contributed by atoms with Gasteiger partial charge in [-0.25, -0.2) is 0 Å². The van der Waals surface area contributed by atoms with Crippen LogP contribution in [-0.4, -0.2) is 18.8 Å². The monoisotopic (exact) mass is 373 g/mol. The molecule has 0 aliphatic heterocycles. The SMILES string of the molecule is CCOC(=O)CCc1cc(C(C)(C)C(F)(F)F)cc(Cl)c1N.Cl. The predicted molar refractivity (Wildman–Crippen MR) is 87.1 cm³/mol. The molecule has 132 valence electrons. The van der Waals surface area contributed by atoms with Crippen LogP contribution in [0.1, 0.15) is 38.3 Å². The highest BCUT2D eigenvalue weighted by Gasteiger charge is 2.48. The first-order valence-corrected chi connectivity index (χ1v) is 7.19. The van der Waals surface area contributed by atoms with Gasteiger partial charge in [-0.1, -0.05) is 17.7 Å². The molecule has 1 aromatic rings. The molecule has 0 aliphatic rings. The summed E-state index contributed by atoms with van der Waals surface area (Å²) >= 11 is 5.94. The van der Waals surface area contributed by atoms with E-state index < -0.39 is 17.6 Å². The highest BCUT2D eigenvalue weighted by atomic mass is 35.5. The van der Waals surface area contributed by atoms with E-state index >= 15 is 0 Å². The molecule has 0 saturated carbocycles. The van der Waals surface area contributed by atoms with Gasteiger partial charge < -0.3 is 10.5 Å². The van der Waals surface area contributed by atoms with Crippen molar-refractivity contribution in [3.8, 4) is 0 Å². The minimum absolute atomic E-state index is 0. The van der Waals surface area contributed by atoms with E-state index in [9.17, 15) is 18.0 Å². The number of halogens is 5. The summed E-state index contributed by atoms with van der Waals surface area (Å²) in [6.45, 7) is 4.07. The zero-order chi connectivity index (χ0) is 17.1. The predicted octanol–water partition coefficient (Wildman–Crippen LogP) is 4.68. The summed E-state index contributed by atoms with van der Waals surface area (Å²) in [6, 6.07) is 2.58. The Morgan fingerprint density at radius 2 is 1.87 bits per heavy atom. The van der Waals surface area contributed by atoms with E-state index in [-0.39, 0.29) is 48.1 Å². The normalized spacial score (nSPS) is 11.8. The second-order valence-corrected chi connectivity index (χ2v) is 5.87. The highest BCUT2D eigenvalue weighted by molar-refractivity contribution is 6.33. The summed E-state index contributed by atoms with van der Waals surface area (Å²) in [6.07, 6.45) is -4.22. The lowest BCUT2D eigenvalue weighted by molar-refractivity contribution is -0.180. The topological polar surface area (TPSA) is 52.3 Å². The van der Waals surface area contributed by atoms with Crippen LogP contribution in [-0.2, 0) is 21.4 Å². The molecular formula is C15H20Cl2F3NO2. The van der Waals surface area contributed by atoms with E-state index in [1.165, 1.54) is 12.1 Å². The van der Waals surface area contributed by atoms with Crippen LogP contribution in [0, 0.1) is 0 Å². The number of carbonyl (C=O) groups is 1. The third kappa shape index (κ3) is 5.18. The van der Waals surface area contributed by atoms with Crippen molar-refractivity contribution < 1.29 is 22.7 Å². The van der Waals surface area contributed by atoms with Gasteiger partial charge in [0.05, 0.1) is 22.7 Å². The summed E-state index contributed by atoms with van der Waals surface area (Å²) in [5, 5.41) is 0.0497. The van der Waals surface area contributed by atoms with Crippen LogP contribution in [0.5, 0.6) is 0 Å². The Hall–Kier alpha value is -1.14. The van der Waals surface area contributed by atoms with E-state index in [1.807, 2.05) is 0 Å². The minimum atomic E-state index is -4.43. The number of rotatable bonds is 5. The lowest BCUT2D eigenvalue weighted by Crippen LogP contribution is -2.36. The fourth-order valence-corrected chi connectivity index (χ4v) is 2.11.